The predicted octanol–water partition coefficient (Wildman–Crippen LogP) is 0.222. The molecule has 1 atom stereocenters. The van der Waals surface area contributed by atoms with Gasteiger partial charge in [-0.3, -0.25) is 14.3 Å². The number of hydrogen-bond acceptors (Lipinski definition) is 7. The van der Waals surface area contributed by atoms with E-state index in [1.807, 2.05) is 0 Å². The summed E-state index contributed by atoms with van der Waals surface area (Å²) in [6, 6.07) is 0. The van der Waals surface area contributed by atoms with Crippen molar-refractivity contribution in [1.29, 1.82) is 0 Å². The molecule has 0 aliphatic carbocycles. The number of Topliss-reactive ketones (excluding diaryl/α,β-unsaturated/α-hetero) is 1. The van der Waals surface area contributed by atoms with E-state index in [0.29, 0.717) is 31.9 Å². The average Bonchev–Trinajstić information content (AvgIpc) is 3.17. The van der Waals surface area contributed by atoms with E-state index in [0.717, 1.165) is 19.3 Å². The molecule has 2 N–H and O–H groups in total. The second-order valence-electron chi connectivity index (χ2n) is 9.62. The maximum Gasteiger partial charge on any atom is 1.00 e. The number of hydrogen-bond donors (Lipinski definition) is 2. The zero-order chi connectivity index (χ0) is 25.9. The second-order valence-corrected chi connectivity index (χ2v) is 11.1. The van der Waals surface area contributed by atoms with Crippen molar-refractivity contribution in [2.45, 2.75) is 103 Å². The molecule has 0 aromatic rings. The summed E-state index contributed by atoms with van der Waals surface area (Å²) in [5.74, 6) is -0.513. The molecule has 0 radical (unpaired) electrons. The largest absolute Gasteiger partial charge is 1.00 e. The number of carbonyl (C=O) groups excluding carboxylic acids is 1. The van der Waals surface area contributed by atoms with Crippen LogP contribution < -0.4 is 29.6 Å². The van der Waals surface area contributed by atoms with Gasteiger partial charge in [-0.25, -0.2) is 8.42 Å². The molecule has 0 saturated carbocycles. The van der Waals surface area contributed by atoms with Crippen LogP contribution in [0.4, 0.5) is 0 Å². The summed E-state index contributed by atoms with van der Waals surface area (Å²) in [5, 5.41) is 19.3. The van der Waals surface area contributed by atoms with Gasteiger partial charge in [-0.15, -0.1) is 0 Å². The molecular formula is C26H48N2NaO6S+. The smallest absolute Gasteiger partial charge is 0.748 e. The Bertz CT molecular complexity index is 758. The SMILES string of the molecule is CCC/C=C/CCCCCCCCCCCCC(=O)C1=[N+](CC(O)CS(=O)(=O)[O-])CCN1CCO.[Na+]. The van der Waals surface area contributed by atoms with Gasteiger partial charge in [0.15, 0.2) is 0 Å². The van der Waals surface area contributed by atoms with Crippen LogP contribution in [0, 0.1) is 0 Å². The van der Waals surface area contributed by atoms with Crippen molar-refractivity contribution in [2.75, 3.05) is 38.5 Å². The first-order valence-electron chi connectivity index (χ1n) is 13.6. The predicted molar refractivity (Wildman–Crippen MR) is 139 cm³/mol. The Kier molecular flexibility index (Phi) is 21.4. The molecule has 1 unspecified atom stereocenters. The average molecular weight is 540 g/mol. The number of rotatable bonds is 22. The molecule has 1 aliphatic rings. The van der Waals surface area contributed by atoms with Crippen LogP contribution in [0.25, 0.3) is 0 Å². The molecule has 0 amide bonds. The number of unbranched alkanes of at least 4 members (excludes halogenated alkanes) is 11. The van der Waals surface area contributed by atoms with Crippen molar-refractivity contribution in [3.8, 4) is 0 Å². The standard InChI is InChI=1S/C26H48N2O6S.Na/c1-2-3-4-5-6-7-8-9-10-11-12-13-14-15-16-17-25(31)26-27(20-21-29)18-19-28(26)22-24(30)23-35(32,33)34;/h4-5,24,29-30H,2-3,6-23H2,1H3;/q;+1/b5-4+;. The quantitative estimate of drug-likeness (QED) is 0.0664. The Balaban J connectivity index is 0.0000122. The molecule has 0 aromatic carbocycles. The minimum absolute atomic E-state index is 0. The Morgan fingerprint density at radius 2 is 1.58 bits per heavy atom. The number of allylic oxidation sites excluding steroid dienone is 2. The molecule has 0 saturated heterocycles. The summed E-state index contributed by atoms with van der Waals surface area (Å²) in [4.78, 5) is 14.7. The van der Waals surface area contributed by atoms with E-state index in [1.165, 1.54) is 64.2 Å². The fourth-order valence-electron chi connectivity index (χ4n) is 4.54. The van der Waals surface area contributed by atoms with Gasteiger partial charge in [0.25, 0.3) is 0 Å². The second kappa shape index (κ2) is 21.6. The van der Waals surface area contributed by atoms with Crippen LogP contribution in [0.1, 0.15) is 96.8 Å². The topological polar surface area (TPSA) is 121 Å². The molecule has 0 aromatic heterocycles. The maximum atomic E-state index is 12.9. The van der Waals surface area contributed by atoms with Gasteiger partial charge in [-0.2, -0.15) is 0 Å². The van der Waals surface area contributed by atoms with Crippen LogP contribution in [0.15, 0.2) is 12.2 Å². The van der Waals surface area contributed by atoms with Crippen LogP contribution >= 0.6 is 0 Å². The van der Waals surface area contributed by atoms with Gasteiger partial charge in [-0.05, 0) is 25.7 Å². The molecule has 36 heavy (non-hydrogen) atoms. The number of carbonyl (C=O) groups is 1. The van der Waals surface area contributed by atoms with Gasteiger partial charge < -0.3 is 14.8 Å². The number of aliphatic hydroxyl groups is 2. The molecular weight excluding hydrogens is 491 g/mol. The molecule has 0 fully saturated rings. The van der Waals surface area contributed by atoms with Crippen molar-refractivity contribution in [1.82, 2.24) is 4.90 Å². The van der Waals surface area contributed by atoms with Gasteiger partial charge in [0, 0.05) is 6.42 Å². The number of amidine groups is 1. The third-order valence-electron chi connectivity index (χ3n) is 6.33. The van der Waals surface area contributed by atoms with E-state index in [2.05, 4.69) is 19.1 Å². The minimum Gasteiger partial charge on any atom is -0.748 e. The summed E-state index contributed by atoms with van der Waals surface area (Å²) in [5.41, 5.74) is 0. The van der Waals surface area contributed by atoms with E-state index < -0.39 is 22.0 Å². The molecule has 1 heterocycles. The van der Waals surface area contributed by atoms with E-state index >= 15 is 0 Å². The van der Waals surface area contributed by atoms with Crippen LogP contribution in [-0.4, -0.2) is 88.9 Å². The molecule has 8 nitrogen and oxygen atoms in total. The third-order valence-corrected chi connectivity index (χ3v) is 7.13. The van der Waals surface area contributed by atoms with Crippen molar-refractivity contribution in [3.63, 3.8) is 0 Å². The van der Waals surface area contributed by atoms with Gasteiger partial charge in [0.2, 0.25) is 5.78 Å². The molecule has 0 spiro atoms. The summed E-state index contributed by atoms with van der Waals surface area (Å²) in [6.07, 6.45) is 19.0. The number of nitrogens with zero attached hydrogens (tertiary/aromatic N) is 2. The van der Waals surface area contributed by atoms with E-state index in [1.54, 1.807) is 9.48 Å². The first-order chi connectivity index (χ1) is 16.8. The molecule has 1 aliphatic heterocycles. The van der Waals surface area contributed by atoms with E-state index in [4.69, 9.17) is 0 Å². The Morgan fingerprint density at radius 3 is 2.14 bits per heavy atom. The van der Waals surface area contributed by atoms with Gasteiger partial charge >= 0.3 is 35.4 Å². The molecule has 1 rings (SSSR count). The molecule has 10 heteroatoms. The fraction of sp³-hybridized carbons (Fsp3) is 0.846. The summed E-state index contributed by atoms with van der Waals surface area (Å²) >= 11 is 0. The van der Waals surface area contributed by atoms with Crippen LogP contribution in [0.5, 0.6) is 0 Å². The summed E-state index contributed by atoms with van der Waals surface area (Å²) in [6.45, 7) is 3.30. The molecule has 0 bridgehead atoms. The third kappa shape index (κ3) is 17.3. The van der Waals surface area contributed by atoms with E-state index in [-0.39, 0.29) is 48.5 Å². The van der Waals surface area contributed by atoms with Crippen LogP contribution in [-0.2, 0) is 14.9 Å². The number of β-amino-alcohol motifs (C(OH)–C–C–N with tert-alkyl or cyclic N) is 2. The number of ketones is 1. The Hall–Kier alpha value is -0.290. The van der Waals surface area contributed by atoms with Crippen molar-refractivity contribution in [3.05, 3.63) is 12.2 Å². The van der Waals surface area contributed by atoms with E-state index in [9.17, 15) is 28.0 Å². The first kappa shape index (κ1) is 35.7. The monoisotopic (exact) mass is 539 g/mol. The Morgan fingerprint density at radius 1 is 1.03 bits per heavy atom. The van der Waals surface area contributed by atoms with Gasteiger partial charge in [0.1, 0.15) is 32.3 Å². The summed E-state index contributed by atoms with van der Waals surface area (Å²) in [7, 11) is -4.54. The first-order valence-corrected chi connectivity index (χ1v) is 15.1. The van der Waals surface area contributed by atoms with Gasteiger partial charge in [0.05, 0.1) is 22.5 Å². The van der Waals surface area contributed by atoms with Crippen molar-refractivity contribution >= 4 is 21.7 Å². The van der Waals surface area contributed by atoms with Crippen molar-refractivity contribution < 1.29 is 62.1 Å². The maximum absolute atomic E-state index is 12.9. The van der Waals surface area contributed by atoms with Gasteiger partial charge in [-0.1, -0.05) is 76.9 Å². The van der Waals surface area contributed by atoms with Crippen LogP contribution in [0.2, 0.25) is 0 Å². The van der Waals surface area contributed by atoms with Crippen LogP contribution in [0.3, 0.4) is 0 Å². The number of aliphatic hydroxyl groups excluding tert-OH is 2. The zero-order valence-electron chi connectivity index (χ0n) is 22.7. The normalized spacial score (nSPS) is 15.1. The zero-order valence-corrected chi connectivity index (χ0v) is 25.5. The molecule has 204 valence electrons. The Labute approximate surface area is 241 Å². The fourth-order valence-corrected chi connectivity index (χ4v) is 5.12. The summed E-state index contributed by atoms with van der Waals surface area (Å²) < 4.78 is 34.4. The van der Waals surface area contributed by atoms with Crippen molar-refractivity contribution in [2.24, 2.45) is 0 Å². The minimum atomic E-state index is -4.54.